The van der Waals surface area contributed by atoms with Crippen molar-refractivity contribution < 1.29 is 18.9 Å². The van der Waals surface area contributed by atoms with Crippen molar-refractivity contribution in [3.63, 3.8) is 0 Å². The average Bonchev–Trinajstić information content (AvgIpc) is 3.09. The molecule has 0 atom stereocenters. The smallest absolute Gasteiger partial charge is 0.348 e. The molecule has 128 valence electrons. The van der Waals surface area contributed by atoms with E-state index in [1.807, 2.05) is 19.1 Å². The van der Waals surface area contributed by atoms with Gasteiger partial charge in [-0.1, -0.05) is 30.4 Å². The van der Waals surface area contributed by atoms with Gasteiger partial charge in [-0.05, 0) is 24.1 Å². The summed E-state index contributed by atoms with van der Waals surface area (Å²) in [5, 5.41) is 11.2. The standard InChI is InChI=1S/C17H13NO6S/c1-2-10-3-4-12-11(8-16(19)24-13(12)7-10)9-23-17(20)14-5-6-15(25-14)18(21)22/h3-8H,2,9H2,1H3. The lowest BCUT2D eigenvalue weighted by Crippen LogP contribution is -2.07. The fourth-order valence-corrected chi connectivity index (χ4v) is 3.08. The largest absolute Gasteiger partial charge is 0.457 e. The molecule has 0 spiro atoms. The maximum absolute atomic E-state index is 12.0. The first-order chi connectivity index (χ1) is 12.0. The number of hydrogen-bond donors (Lipinski definition) is 0. The Morgan fingerprint density at radius 3 is 2.76 bits per heavy atom. The summed E-state index contributed by atoms with van der Waals surface area (Å²) in [6.45, 7) is 1.86. The molecule has 1 aromatic carbocycles. The third kappa shape index (κ3) is 3.58. The second-order valence-corrected chi connectivity index (χ2v) is 6.31. The van der Waals surface area contributed by atoms with Gasteiger partial charge in [0.1, 0.15) is 17.1 Å². The Labute approximate surface area is 145 Å². The number of benzene rings is 1. The first-order valence-electron chi connectivity index (χ1n) is 7.45. The number of esters is 1. The molecule has 0 saturated heterocycles. The molecular formula is C17H13NO6S. The van der Waals surface area contributed by atoms with E-state index in [0.717, 1.165) is 23.3 Å². The van der Waals surface area contributed by atoms with Gasteiger partial charge in [-0.2, -0.15) is 0 Å². The Balaban J connectivity index is 1.83. The lowest BCUT2D eigenvalue weighted by molar-refractivity contribution is -0.380. The van der Waals surface area contributed by atoms with E-state index in [0.29, 0.717) is 16.5 Å². The van der Waals surface area contributed by atoms with Crippen LogP contribution in [0.3, 0.4) is 0 Å². The Morgan fingerprint density at radius 2 is 2.08 bits per heavy atom. The normalized spacial score (nSPS) is 10.8. The molecule has 7 nitrogen and oxygen atoms in total. The maximum Gasteiger partial charge on any atom is 0.348 e. The number of rotatable bonds is 5. The third-order valence-corrected chi connectivity index (χ3v) is 4.65. The molecule has 0 aliphatic carbocycles. The molecule has 0 aliphatic rings. The van der Waals surface area contributed by atoms with Crippen molar-refractivity contribution in [2.24, 2.45) is 0 Å². The predicted molar refractivity (Wildman–Crippen MR) is 92.0 cm³/mol. The first-order valence-corrected chi connectivity index (χ1v) is 8.26. The molecule has 3 aromatic rings. The van der Waals surface area contributed by atoms with Gasteiger partial charge in [0.2, 0.25) is 0 Å². The van der Waals surface area contributed by atoms with Crippen LogP contribution in [0.4, 0.5) is 5.00 Å². The van der Waals surface area contributed by atoms with Gasteiger partial charge in [-0.15, -0.1) is 0 Å². The monoisotopic (exact) mass is 359 g/mol. The molecule has 0 bridgehead atoms. The summed E-state index contributed by atoms with van der Waals surface area (Å²) < 4.78 is 10.4. The number of carbonyl (C=O) groups excluding carboxylic acids is 1. The van der Waals surface area contributed by atoms with Gasteiger partial charge in [0.25, 0.3) is 0 Å². The van der Waals surface area contributed by atoms with Gasteiger partial charge in [-0.3, -0.25) is 10.1 Å². The van der Waals surface area contributed by atoms with E-state index in [-0.39, 0.29) is 16.5 Å². The summed E-state index contributed by atoms with van der Waals surface area (Å²) in [6.07, 6.45) is 0.802. The summed E-state index contributed by atoms with van der Waals surface area (Å²) in [7, 11) is 0. The number of hydrogen-bond acceptors (Lipinski definition) is 7. The summed E-state index contributed by atoms with van der Waals surface area (Å²) in [5.74, 6) is -0.676. The Hall–Kier alpha value is -3.00. The number of fused-ring (bicyclic) bond motifs is 1. The zero-order valence-corrected chi connectivity index (χ0v) is 14.0. The Bertz CT molecular complexity index is 1020. The summed E-state index contributed by atoms with van der Waals surface area (Å²) in [4.78, 5) is 34.0. The quantitative estimate of drug-likeness (QED) is 0.298. The summed E-state index contributed by atoms with van der Waals surface area (Å²) in [6, 6.07) is 9.38. The van der Waals surface area contributed by atoms with Crippen LogP contribution in [0.2, 0.25) is 0 Å². The van der Waals surface area contributed by atoms with E-state index in [4.69, 9.17) is 9.15 Å². The van der Waals surface area contributed by atoms with E-state index in [9.17, 15) is 19.7 Å². The minimum atomic E-state index is -0.676. The van der Waals surface area contributed by atoms with E-state index in [2.05, 4.69) is 0 Å². The molecule has 2 heterocycles. The van der Waals surface area contributed by atoms with Gasteiger partial charge < -0.3 is 9.15 Å². The first kappa shape index (κ1) is 16.8. The number of nitrogens with zero attached hydrogens (tertiary/aromatic N) is 1. The van der Waals surface area contributed by atoms with Crippen LogP contribution in [0, 0.1) is 10.1 Å². The van der Waals surface area contributed by atoms with E-state index in [1.165, 1.54) is 18.2 Å². The zero-order chi connectivity index (χ0) is 18.0. The molecule has 0 N–H and O–H groups in total. The Kier molecular flexibility index (Phi) is 4.62. The molecule has 0 radical (unpaired) electrons. The van der Waals surface area contributed by atoms with Crippen LogP contribution in [0.15, 0.2) is 45.6 Å². The van der Waals surface area contributed by atoms with E-state index >= 15 is 0 Å². The fourth-order valence-electron chi connectivity index (χ4n) is 2.36. The van der Waals surface area contributed by atoms with Crippen LogP contribution in [-0.4, -0.2) is 10.9 Å². The predicted octanol–water partition coefficient (Wildman–Crippen LogP) is 3.68. The maximum atomic E-state index is 12.0. The van der Waals surface area contributed by atoms with Gasteiger partial charge >= 0.3 is 16.6 Å². The van der Waals surface area contributed by atoms with Crippen molar-refractivity contribution >= 4 is 33.3 Å². The average molecular weight is 359 g/mol. The molecule has 0 saturated carbocycles. The van der Waals surface area contributed by atoms with Crippen LogP contribution in [0.1, 0.15) is 27.7 Å². The molecule has 0 amide bonds. The van der Waals surface area contributed by atoms with E-state index in [1.54, 1.807) is 6.07 Å². The number of thiophene rings is 1. The highest BCUT2D eigenvalue weighted by Crippen LogP contribution is 2.25. The SMILES string of the molecule is CCc1ccc2c(COC(=O)c3ccc([N+](=O)[O-])s3)cc(=O)oc2c1. The van der Waals surface area contributed by atoms with Gasteiger partial charge in [0.05, 0.1) is 4.92 Å². The molecule has 0 unspecified atom stereocenters. The molecular weight excluding hydrogens is 346 g/mol. The van der Waals surface area contributed by atoms with Gasteiger partial charge in [0, 0.05) is 23.1 Å². The van der Waals surface area contributed by atoms with Crippen LogP contribution >= 0.6 is 11.3 Å². The molecule has 2 aromatic heterocycles. The van der Waals surface area contributed by atoms with Gasteiger partial charge in [0.15, 0.2) is 0 Å². The summed E-state index contributed by atoms with van der Waals surface area (Å²) in [5.41, 5.74) is 1.45. The molecule has 0 fully saturated rings. The van der Waals surface area contributed by atoms with Crippen molar-refractivity contribution in [1.82, 2.24) is 0 Å². The highest BCUT2D eigenvalue weighted by atomic mass is 32.1. The van der Waals surface area contributed by atoms with Crippen molar-refractivity contribution in [1.29, 1.82) is 0 Å². The van der Waals surface area contributed by atoms with Crippen LogP contribution in [0.5, 0.6) is 0 Å². The minimum absolute atomic E-state index is 0.127. The molecule has 0 aliphatic heterocycles. The topological polar surface area (TPSA) is 99.6 Å². The minimum Gasteiger partial charge on any atom is -0.457 e. The number of carbonyl (C=O) groups is 1. The fraction of sp³-hybridized carbons (Fsp3) is 0.176. The van der Waals surface area contributed by atoms with Crippen LogP contribution in [0.25, 0.3) is 11.0 Å². The van der Waals surface area contributed by atoms with Crippen LogP contribution in [-0.2, 0) is 17.8 Å². The molecule has 25 heavy (non-hydrogen) atoms. The van der Waals surface area contributed by atoms with Gasteiger partial charge in [-0.25, -0.2) is 9.59 Å². The zero-order valence-electron chi connectivity index (χ0n) is 13.2. The number of nitro groups is 1. The lowest BCUT2D eigenvalue weighted by Gasteiger charge is -2.07. The molecule has 3 rings (SSSR count). The van der Waals surface area contributed by atoms with Crippen molar-refractivity contribution in [2.75, 3.05) is 0 Å². The summed E-state index contributed by atoms with van der Waals surface area (Å²) >= 11 is 0.742. The lowest BCUT2D eigenvalue weighted by atomic mass is 10.1. The highest BCUT2D eigenvalue weighted by molar-refractivity contribution is 7.17. The van der Waals surface area contributed by atoms with Crippen molar-refractivity contribution in [3.8, 4) is 0 Å². The number of ether oxygens (including phenoxy) is 1. The van der Waals surface area contributed by atoms with Crippen LogP contribution < -0.4 is 5.63 Å². The third-order valence-electron chi connectivity index (χ3n) is 3.63. The number of aryl methyl sites for hydroxylation is 1. The second-order valence-electron chi connectivity index (χ2n) is 5.25. The van der Waals surface area contributed by atoms with Crippen molar-refractivity contribution in [2.45, 2.75) is 20.0 Å². The second kappa shape index (κ2) is 6.86. The van der Waals surface area contributed by atoms with Crippen molar-refractivity contribution in [3.05, 3.63) is 72.9 Å². The molecule has 8 heteroatoms. The van der Waals surface area contributed by atoms with E-state index < -0.39 is 16.5 Å². The Morgan fingerprint density at radius 1 is 1.28 bits per heavy atom. The highest BCUT2D eigenvalue weighted by Gasteiger charge is 2.17.